The van der Waals surface area contributed by atoms with Crippen LogP contribution in [0.15, 0.2) is 41.2 Å². The van der Waals surface area contributed by atoms with Gasteiger partial charge in [-0.3, -0.25) is 10.1 Å². The number of fused-ring (bicyclic) bond motifs is 1. The van der Waals surface area contributed by atoms with Crippen molar-refractivity contribution in [2.45, 2.75) is 19.0 Å². The lowest BCUT2D eigenvalue weighted by Gasteiger charge is -2.00. The molecule has 3 rings (SSSR count). The van der Waals surface area contributed by atoms with E-state index in [1.807, 2.05) is 30.3 Å². The van der Waals surface area contributed by atoms with E-state index >= 15 is 0 Å². The predicted molar refractivity (Wildman–Crippen MR) is 106 cm³/mol. The second-order valence-electron chi connectivity index (χ2n) is 6.00. The number of carbonyl (C=O) groups excluding carboxylic acids is 1. The first-order chi connectivity index (χ1) is 12.6. The first-order valence-corrected chi connectivity index (χ1v) is 9.78. The fourth-order valence-corrected chi connectivity index (χ4v) is 3.73. The van der Waals surface area contributed by atoms with Crippen LogP contribution in [0.1, 0.15) is 19.4 Å². The monoisotopic (exact) mass is 383 g/mol. The summed E-state index contributed by atoms with van der Waals surface area (Å²) in [7, 11) is 0. The van der Waals surface area contributed by atoms with Crippen molar-refractivity contribution in [3.05, 3.63) is 41.6 Å². The lowest BCUT2D eigenvalue weighted by Crippen LogP contribution is -2.13. The third kappa shape index (κ3) is 4.31. The molecule has 6 nitrogen and oxygen atoms in total. The molecule has 0 aliphatic heterocycles. The lowest BCUT2D eigenvalue weighted by molar-refractivity contribution is -0.112. The standard InChI is InChI=1S/C18H17N5OS2/c1-11(2)10-25-18-22-17(26-23-18)21-16(24)12(8-19)7-13-9-20-15-6-4-3-5-14(13)15/h3-7,9,11,20H,10H2,1-2H3,(H,21,22,23,24)/b12-7-. The minimum Gasteiger partial charge on any atom is -0.361 e. The van der Waals surface area contributed by atoms with Gasteiger partial charge in [0.05, 0.1) is 0 Å². The van der Waals surface area contributed by atoms with E-state index in [1.54, 1.807) is 24.0 Å². The molecule has 8 heteroatoms. The Hall–Kier alpha value is -2.63. The number of hydrogen-bond acceptors (Lipinski definition) is 6. The fourth-order valence-electron chi connectivity index (χ4n) is 2.24. The van der Waals surface area contributed by atoms with Crippen LogP contribution in [-0.4, -0.2) is 26.0 Å². The number of aromatic amines is 1. The van der Waals surface area contributed by atoms with Crippen LogP contribution in [0.3, 0.4) is 0 Å². The summed E-state index contributed by atoms with van der Waals surface area (Å²) in [6.45, 7) is 4.24. The summed E-state index contributed by atoms with van der Waals surface area (Å²) in [5.41, 5.74) is 1.76. The number of H-pyrrole nitrogens is 1. The number of para-hydroxylation sites is 1. The molecule has 0 fully saturated rings. The number of hydrogen-bond donors (Lipinski definition) is 2. The molecule has 0 saturated carbocycles. The van der Waals surface area contributed by atoms with Crippen molar-refractivity contribution in [2.24, 2.45) is 5.92 Å². The molecule has 1 amide bonds. The molecule has 2 heterocycles. The van der Waals surface area contributed by atoms with Crippen molar-refractivity contribution in [2.75, 3.05) is 11.1 Å². The van der Waals surface area contributed by atoms with E-state index in [9.17, 15) is 10.1 Å². The Kier molecular flexibility index (Phi) is 5.71. The normalized spacial score (nSPS) is 11.7. The maximum Gasteiger partial charge on any atom is 0.268 e. The quantitative estimate of drug-likeness (QED) is 0.376. The molecule has 0 aliphatic rings. The number of benzene rings is 1. The molecule has 26 heavy (non-hydrogen) atoms. The molecule has 1 aromatic carbocycles. The largest absolute Gasteiger partial charge is 0.361 e. The van der Waals surface area contributed by atoms with Gasteiger partial charge in [-0.25, -0.2) is 0 Å². The smallest absolute Gasteiger partial charge is 0.268 e. The highest BCUT2D eigenvalue weighted by atomic mass is 32.2. The van der Waals surface area contributed by atoms with E-state index < -0.39 is 5.91 Å². The topological polar surface area (TPSA) is 94.5 Å². The van der Waals surface area contributed by atoms with Gasteiger partial charge in [-0.15, -0.1) is 0 Å². The number of anilines is 1. The van der Waals surface area contributed by atoms with E-state index in [-0.39, 0.29) is 5.57 Å². The van der Waals surface area contributed by atoms with Gasteiger partial charge in [-0.2, -0.15) is 14.6 Å². The second kappa shape index (κ2) is 8.17. The maximum absolute atomic E-state index is 12.4. The van der Waals surface area contributed by atoms with E-state index in [0.717, 1.165) is 33.8 Å². The summed E-state index contributed by atoms with van der Waals surface area (Å²) < 4.78 is 4.21. The zero-order chi connectivity index (χ0) is 18.5. The van der Waals surface area contributed by atoms with Crippen molar-refractivity contribution < 1.29 is 4.79 Å². The van der Waals surface area contributed by atoms with Gasteiger partial charge in [0.15, 0.2) is 0 Å². The van der Waals surface area contributed by atoms with Crippen LogP contribution in [-0.2, 0) is 4.79 Å². The Labute approximate surface area is 159 Å². The molecule has 0 atom stereocenters. The van der Waals surface area contributed by atoms with Crippen molar-refractivity contribution >= 4 is 51.3 Å². The number of nitrogens with zero attached hydrogens (tertiary/aromatic N) is 3. The van der Waals surface area contributed by atoms with E-state index in [0.29, 0.717) is 16.2 Å². The molecule has 2 aromatic heterocycles. The van der Waals surface area contributed by atoms with Crippen molar-refractivity contribution in [3.8, 4) is 6.07 Å². The highest BCUT2D eigenvalue weighted by Crippen LogP contribution is 2.23. The van der Waals surface area contributed by atoms with Gasteiger partial charge in [0.1, 0.15) is 11.6 Å². The van der Waals surface area contributed by atoms with Crippen LogP contribution in [0, 0.1) is 17.2 Å². The molecule has 0 radical (unpaired) electrons. The SMILES string of the molecule is CC(C)CSc1nsc(NC(=O)/C(C#N)=C\c2c[nH]c3ccccc23)n1. The molecule has 0 spiro atoms. The third-order valence-electron chi connectivity index (χ3n) is 3.46. The highest BCUT2D eigenvalue weighted by Gasteiger charge is 2.14. The molecule has 0 bridgehead atoms. The molecule has 0 unspecified atom stereocenters. The number of thioether (sulfide) groups is 1. The molecular formula is C18H17N5OS2. The molecule has 132 valence electrons. The first kappa shape index (κ1) is 18.2. The second-order valence-corrected chi connectivity index (χ2v) is 7.74. The van der Waals surface area contributed by atoms with E-state index in [2.05, 4.69) is 33.5 Å². The average Bonchev–Trinajstić information content (AvgIpc) is 3.24. The summed E-state index contributed by atoms with van der Waals surface area (Å²) >= 11 is 2.66. The number of rotatable bonds is 6. The Bertz CT molecular complexity index is 996. The Balaban J connectivity index is 1.74. The fraction of sp³-hybridized carbons (Fsp3) is 0.222. The van der Waals surface area contributed by atoms with Gasteiger partial charge >= 0.3 is 0 Å². The number of aromatic nitrogens is 3. The summed E-state index contributed by atoms with van der Waals surface area (Å²) in [6, 6.07) is 9.68. The number of amides is 1. The van der Waals surface area contributed by atoms with Gasteiger partial charge < -0.3 is 4.98 Å². The maximum atomic E-state index is 12.4. The molecule has 0 aliphatic carbocycles. The molecule has 0 saturated heterocycles. The summed E-state index contributed by atoms with van der Waals surface area (Å²) in [6.07, 6.45) is 3.35. The molecular weight excluding hydrogens is 366 g/mol. The first-order valence-electron chi connectivity index (χ1n) is 8.02. The lowest BCUT2D eigenvalue weighted by atomic mass is 10.1. The van der Waals surface area contributed by atoms with Gasteiger partial charge in [0.2, 0.25) is 10.3 Å². The van der Waals surface area contributed by atoms with Gasteiger partial charge in [-0.1, -0.05) is 43.8 Å². The summed E-state index contributed by atoms with van der Waals surface area (Å²) in [5, 5.41) is 14.0. The Morgan fingerprint density at radius 3 is 3.04 bits per heavy atom. The van der Waals surface area contributed by atoms with Gasteiger partial charge in [0, 0.05) is 39.9 Å². The number of nitrogens with one attached hydrogen (secondary N) is 2. The number of carbonyl (C=O) groups is 1. The van der Waals surface area contributed by atoms with Crippen molar-refractivity contribution in [3.63, 3.8) is 0 Å². The van der Waals surface area contributed by atoms with Gasteiger partial charge in [0.25, 0.3) is 5.91 Å². The van der Waals surface area contributed by atoms with Gasteiger partial charge in [-0.05, 0) is 18.1 Å². The summed E-state index contributed by atoms with van der Waals surface area (Å²) in [4.78, 5) is 19.8. The minimum absolute atomic E-state index is 0.0151. The van der Waals surface area contributed by atoms with E-state index in [4.69, 9.17) is 0 Å². The van der Waals surface area contributed by atoms with Crippen LogP contribution in [0.2, 0.25) is 0 Å². The van der Waals surface area contributed by atoms with Crippen LogP contribution in [0.25, 0.3) is 17.0 Å². The average molecular weight is 384 g/mol. The Morgan fingerprint density at radius 1 is 1.46 bits per heavy atom. The van der Waals surface area contributed by atoms with Crippen molar-refractivity contribution in [1.82, 2.24) is 14.3 Å². The zero-order valence-electron chi connectivity index (χ0n) is 14.3. The van der Waals surface area contributed by atoms with Crippen LogP contribution in [0.4, 0.5) is 5.13 Å². The third-order valence-corrected chi connectivity index (χ3v) is 5.48. The zero-order valence-corrected chi connectivity index (χ0v) is 15.9. The summed E-state index contributed by atoms with van der Waals surface area (Å²) in [5.74, 6) is 0.953. The molecule has 2 N–H and O–H groups in total. The van der Waals surface area contributed by atoms with E-state index in [1.165, 1.54) is 0 Å². The highest BCUT2D eigenvalue weighted by molar-refractivity contribution is 7.99. The molecule has 3 aromatic rings. The number of nitriles is 1. The van der Waals surface area contributed by atoms with Crippen molar-refractivity contribution in [1.29, 1.82) is 5.26 Å². The minimum atomic E-state index is -0.491. The van der Waals surface area contributed by atoms with Crippen LogP contribution < -0.4 is 5.32 Å². The Morgan fingerprint density at radius 2 is 2.27 bits per heavy atom. The van der Waals surface area contributed by atoms with Crippen LogP contribution >= 0.6 is 23.3 Å². The predicted octanol–water partition coefficient (Wildman–Crippen LogP) is 4.31. The van der Waals surface area contributed by atoms with Crippen LogP contribution in [0.5, 0.6) is 0 Å².